The highest BCUT2D eigenvalue weighted by atomic mass is 14.5. The fourth-order valence-electron chi connectivity index (χ4n) is 11.0. The Morgan fingerprint density at radius 2 is 0.873 bits per heavy atom. The summed E-state index contributed by atoms with van der Waals surface area (Å²) in [4.78, 5) is 0. The van der Waals surface area contributed by atoms with Crippen molar-refractivity contribution < 1.29 is 0 Å². The molecule has 0 N–H and O–H groups in total. The molecule has 6 rings (SSSR count). The van der Waals surface area contributed by atoms with Crippen molar-refractivity contribution in [1.29, 1.82) is 10.5 Å². The van der Waals surface area contributed by atoms with Crippen LogP contribution >= 0.6 is 0 Å². The van der Waals surface area contributed by atoms with Crippen LogP contribution in [0.3, 0.4) is 0 Å². The molecule has 0 saturated carbocycles. The molecule has 63 heavy (non-hydrogen) atoms. The van der Waals surface area contributed by atoms with E-state index in [2.05, 4.69) is 140 Å². The highest BCUT2D eigenvalue weighted by Gasteiger charge is 2.42. The minimum absolute atomic E-state index is 0.113. The van der Waals surface area contributed by atoms with Crippen LogP contribution in [0.1, 0.15) is 203 Å². The van der Waals surface area contributed by atoms with Gasteiger partial charge in [-0.2, -0.15) is 10.5 Å². The van der Waals surface area contributed by atoms with Gasteiger partial charge < -0.3 is 0 Å². The van der Waals surface area contributed by atoms with Gasteiger partial charge in [0, 0.05) is 5.41 Å². The standard InChI is InChI=1S/C61H80N2/c1-9-11-13-15-17-19-25-49-50(26-20-18-16-14-12-10-2)56-41-47(29-33-52(56)51-31-27-45(3)39-55(49)51)48-30-34-54-53-32-28-46(4)40-57(53)61(58(54)42-48,37-23-21-35-59(5,6)43-62)38-24-22-36-60(7,8)44-63/h27-34,39-42H,9-26,35-38H2,1-8H3. The number of hydrogen-bond acceptors (Lipinski definition) is 2. The van der Waals surface area contributed by atoms with E-state index in [-0.39, 0.29) is 16.2 Å². The maximum absolute atomic E-state index is 9.86. The van der Waals surface area contributed by atoms with E-state index in [1.807, 2.05) is 0 Å². The van der Waals surface area contributed by atoms with Crippen molar-refractivity contribution in [1.82, 2.24) is 0 Å². The topological polar surface area (TPSA) is 47.6 Å². The van der Waals surface area contributed by atoms with Gasteiger partial charge in [0.05, 0.1) is 23.0 Å². The van der Waals surface area contributed by atoms with Crippen LogP contribution in [-0.4, -0.2) is 0 Å². The van der Waals surface area contributed by atoms with Crippen LogP contribution in [0, 0.1) is 47.3 Å². The lowest BCUT2D eigenvalue weighted by atomic mass is 9.69. The molecular weight excluding hydrogens is 761 g/mol. The zero-order valence-electron chi connectivity index (χ0n) is 40.9. The lowest BCUT2D eigenvalue weighted by Crippen LogP contribution is -2.26. The van der Waals surface area contributed by atoms with Crippen LogP contribution in [0.4, 0.5) is 0 Å². The van der Waals surface area contributed by atoms with Gasteiger partial charge in [0.2, 0.25) is 0 Å². The Kier molecular flexibility index (Phi) is 16.8. The summed E-state index contributed by atoms with van der Waals surface area (Å²) in [6.07, 6.45) is 26.3. The lowest BCUT2D eigenvalue weighted by molar-refractivity contribution is 0.358. The monoisotopic (exact) mass is 841 g/mol. The van der Waals surface area contributed by atoms with Gasteiger partial charge in [-0.25, -0.2) is 0 Å². The van der Waals surface area contributed by atoms with Gasteiger partial charge in [-0.15, -0.1) is 0 Å². The molecule has 5 aromatic rings. The summed E-state index contributed by atoms with van der Waals surface area (Å²) in [6, 6.07) is 34.3. The van der Waals surface area contributed by atoms with Crippen molar-refractivity contribution in [3.63, 3.8) is 0 Å². The maximum Gasteiger partial charge on any atom is 0.0683 e. The van der Waals surface area contributed by atoms with Crippen LogP contribution in [0.5, 0.6) is 0 Å². The number of aryl methyl sites for hydroxylation is 4. The summed E-state index contributed by atoms with van der Waals surface area (Å²) < 4.78 is 0. The summed E-state index contributed by atoms with van der Waals surface area (Å²) in [6.45, 7) is 17.5. The van der Waals surface area contributed by atoms with E-state index in [0.29, 0.717) is 0 Å². The average Bonchev–Trinajstić information content (AvgIpc) is 3.54. The van der Waals surface area contributed by atoms with Crippen molar-refractivity contribution in [2.75, 3.05) is 0 Å². The van der Waals surface area contributed by atoms with Crippen molar-refractivity contribution >= 4 is 21.5 Å². The van der Waals surface area contributed by atoms with E-state index in [9.17, 15) is 10.5 Å². The Hall–Kier alpha value is -4.40. The number of benzene rings is 5. The van der Waals surface area contributed by atoms with Crippen molar-refractivity contribution in [3.8, 4) is 34.4 Å². The van der Waals surface area contributed by atoms with E-state index in [0.717, 1.165) is 64.2 Å². The molecule has 0 saturated heterocycles. The molecule has 0 amide bonds. The van der Waals surface area contributed by atoms with Crippen molar-refractivity contribution in [3.05, 3.63) is 106 Å². The second-order valence-corrected chi connectivity index (χ2v) is 21.1. The molecule has 1 aliphatic rings. The highest BCUT2D eigenvalue weighted by Crippen LogP contribution is 2.55. The van der Waals surface area contributed by atoms with E-state index in [1.165, 1.54) is 143 Å². The first-order valence-corrected chi connectivity index (χ1v) is 25.4. The average molecular weight is 841 g/mol. The Balaban J connectivity index is 1.46. The maximum atomic E-state index is 9.86. The van der Waals surface area contributed by atoms with E-state index in [4.69, 9.17) is 0 Å². The predicted octanol–water partition coefficient (Wildman–Crippen LogP) is 18.6. The first-order valence-electron chi connectivity index (χ1n) is 25.4. The molecule has 2 nitrogen and oxygen atoms in total. The third-order valence-electron chi connectivity index (χ3n) is 14.8. The van der Waals surface area contributed by atoms with Crippen LogP contribution < -0.4 is 0 Å². The second kappa shape index (κ2) is 22.0. The van der Waals surface area contributed by atoms with Crippen molar-refractivity contribution in [2.45, 2.75) is 202 Å². The molecule has 2 heteroatoms. The Labute approximate surface area is 383 Å². The molecule has 0 bridgehead atoms. The Bertz CT molecular complexity index is 2360. The van der Waals surface area contributed by atoms with Gasteiger partial charge in [0.15, 0.2) is 0 Å². The zero-order valence-corrected chi connectivity index (χ0v) is 40.9. The van der Waals surface area contributed by atoms with Crippen LogP contribution in [0.15, 0.2) is 72.8 Å². The first-order chi connectivity index (χ1) is 30.4. The quantitative estimate of drug-likeness (QED) is 0.0434. The van der Waals surface area contributed by atoms with E-state index >= 15 is 0 Å². The number of rotatable bonds is 25. The van der Waals surface area contributed by atoms with Gasteiger partial charge in [0.25, 0.3) is 0 Å². The number of nitriles is 2. The summed E-state index contributed by atoms with van der Waals surface area (Å²) in [5.41, 5.74) is 13.5. The van der Waals surface area contributed by atoms with Gasteiger partial charge in [-0.05, 0) is 171 Å². The SMILES string of the molecule is CCCCCCCCc1c(CCCCCCCC)c2cc(-c3ccc4c(c3)C(CCCCC(C)(C)C#N)(CCCCC(C)(C)C#N)c3cc(C)ccc3-4)ccc2c2ccc(C)cc12. The molecule has 0 atom stereocenters. The summed E-state index contributed by atoms with van der Waals surface area (Å²) in [7, 11) is 0. The summed E-state index contributed by atoms with van der Waals surface area (Å²) in [5.74, 6) is 0. The predicted molar refractivity (Wildman–Crippen MR) is 272 cm³/mol. The fourth-order valence-corrected chi connectivity index (χ4v) is 11.0. The van der Waals surface area contributed by atoms with E-state index in [1.54, 1.807) is 11.1 Å². The first kappa shape index (κ1) is 48.1. The van der Waals surface area contributed by atoms with Crippen molar-refractivity contribution in [2.24, 2.45) is 10.8 Å². The summed E-state index contributed by atoms with van der Waals surface area (Å²) >= 11 is 0. The molecule has 0 radical (unpaired) electrons. The van der Waals surface area contributed by atoms with Crippen LogP contribution in [0.2, 0.25) is 0 Å². The largest absolute Gasteiger partial charge is 0.198 e. The number of fused-ring (bicyclic) bond motifs is 6. The zero-order chi connectivity index (χ0) is 45.0. The van der Waals surface area contributed by atoms with Crippen LogP contribution in [0.25, 0.3) is 43.8 Å². The molecule has 5 aromatic carbocycles. The molecule has 0 spiro atoms. The lowest BCUT2D eigenvalue weighted by Gasteiger charge is -2.34. The molecule has 0 fully saturated rings. The molecule has 1 aliphatic carbocycles. The van der Waals surface area contributed by atoms with Gasteiger partial charge in [-0.1, -0.05) is 176 Å². The molecule has 334 valence electrons. The molecule has 0 unspecified atom stereocenters. The number of nitrogens with zero attached hydrogens (tertiary/aromatic N) is 2. The second-order valence-electron chi connectivity index (χ2n) is 21.1. The molecular formula is C61H80N2. The van der Waals surface area contributed by atoms with E-state index < -0.39 is 0 Å². The third-order valence-corrected chi connectivity index (χ3v) is 14.8. The Morgan fingerprint density at radius 3 is 1.43 bits per heavy atom. The normalized spacial score (nSPS) is 13.3. The van der Waals surface area contributed by atoms with Gasteiger partial charge in [0.1, 0.15) is 0 Å². The minimum Gasteiger partial charge on any atom is -0.198 e. The molecule has 0 aromatic heterocycles. The van der Waals surface area contributed by atoms with Crippen LogP contribution in [-0.2, 0) is 18.3 Å². The molecule has 0 aliphatic heterocycles. The number of hydrogen-bond donors (Lipinski definition) is 0. The minimum atomic E-state index is -0.312. The fraction of sp³-hybridized carbons (Fsp3) is 0.541. The molecule has 0 heterocycles. The smallest absolute Gasteiger partial charge is 0.0683 e. The Morgan fingerprint density at radius 1 is 0.444 bits per heavy atom. The van der Waals surface area contributed by atoms with Gasteiger partial charge >= 0.3 is 0 Å². The van der Waals surface area contributed by atoms with Gasteiger partial charge in [-0.3, -0.25) is 0 Å². The number of unbranched alkanes of at least 4 members (excludes halogenated alkanes) is 12. The highest BCUT2D eigenvalue weighted by molar-refractivity contribution is 6.12. The summed E-state index contributed by atoms with van der Waals surface area (Å²) in [5, 5.41) is 25.5. The third kappa shape index (κ3) is 11.7.